The number of hydrogen-bond acceptors (Lipinski definition) is 1. The molecule has 1 N–H and O–H groups in total. The van der Waals surface area contributed by atoms with E-state index >= 15 is 0 Å². The van der Waals surface area contributed by atoms with Crippen molar-refractivity contribution in [2.75, 3.05) is 0 Å². The first-order valence-corrected chi connectivity index (χ1v) is 9.53. The molecule has 0 aromatic carbocycles. The lowest BCUT2D eigenvalue weighted by molar-refractivity contribution is -0.138. The van der Waals surface area contributed by atoms with Crippen LogP contribution in [0.25, 0.3) is 0 Å². The van der Waals surface area contributed by atoms with Crippen LogP contribution < -0.4 is 0 Å². The maximum Gasteiger partial charge on any atom is 0.303 e. The van der Waals surface area contributed by atoms with Gasteiger partial charge in [-0.25, -0.2) is 0 Å². The fraction of sp³-hybridized carbons (Fsp3) is 0.950. The second kappa shape index (κ2) is 13.0. The number of carbonyl (C=O) groups is 1. The number of aliphatic carboxylic acids is 1. The summed E-state index contributed by atoms with van der Waals surface area (Å²) in [7, 11) is 0. The fourth-order valence-corrected chi connectivity index (χ4v) is 3.19. The first-order valence-electron chi connectivity index (χ1n) is 9.53. The molecule has 0 rings (SSSR count). The minimum atomic E-state index is -0.660. The van der Waals surface area contributed by atoms with E-state index in [4.69, 9.17) is 5.11 Å². The van der Waals surface area contributed by atoms with Crippen LogP contribution in [0.4, 0.5) is 0 Å². The molecular weight excluding hydrogens is 272 g/mol. The summed E-state index contributed by atoms with van der Waals surface area (Å²) in [6.45, 7) is 11.4. The Hall–Kier alpha value is -0.530. The SMILES string of the molecule is CC(C)CCC[C@@H](C)CCCC(C)CCCC(C)CC(=O)O. The molecule has 3 atom stereocenters. The molecule has 0 aliphatic carbocycles. The summed E-state index contributed by atoms with van der Waals surface area (Å²) in [4.78, 5) is 10.6. The van der Waals surface area contributed by atoms with Crippen LogP contribution in [0.1, 0.15) is 98.8 Å². The van der Waals surface area contributed by atoms with E-state index in [-0.39, 0.29) is 0 Å². The summed E-state index contributed by atoms with van der Waals surface area (Å²) >= 11 is 0. The van der Waals surface area contributed by atoms with E-state index in [0.29, 0.717) is 12.3 Å². The Bertz CT molecular complexity index is 273. The molecule has 2 unspecified atom stereocenters. The van der Waals surface area contributed by atoms with Crippen molar-refractivity contribution in [3.05, 3.63) is 0 Å². The molecule has 132 valence electrons. The fourth-order valence-electron chi connectivity index (χ4n) is 3.19. The van der Waals surface area contributed by atoms with Gasteiger partial charge in [-0.1, -0.05) is 92.4 Å². The summed E-state index contributed by atoms with van der Waals surface area (Å²) in [6, 6.07) is 0. The quantitative estimate of drug-likeness (QED) is 0.395. The molecule has 0 aliphatic rings. The zero-order chi connectivity index (χ0) is 17.0. The maximum absolute atomic E-state index is 10.6. The third-order valence-electron chi connectivity index (χ3n) is 4.79. The first kappa shape index (κ1) is 21.5. The van der Waals surface area contributed by atoms with Gasteiger partial charge in [0.05, 0.1) is 0 Å². The highest BCUT2D eigenvalue weighted by molar-refractivity contribution is 5.66. The normalized spacial score (nSPS) is 15.7. The molecule has 0 saturated heterocycles. The number of carboxylic acids is 1. The molecule has 0 spiro atoms. The molecule has 0 aromatic heterocycles. The van der Waals surface area contributed by atoms with Gasteiger partial charge in [0.25, 0.3) is 0 Å². The van der Waals surface area contributed by atoms with Crippen LogP contribution in [0.5, 0.6) is 0 Å². The lowest BCUT2D eigenvalue weighted by atomic mass is 9.91. The highest BCUT2D eigenvalue weighted by Gasteiger charge is 2.09. The average molecular weight is 313 g/mol. The minimum Gasteiger partial charge on any atom is -0.481 e. The summed E-state index contributed by atoms with van der Waals surface area (Å²) in [5.41, 5.74) is 0. The summed E-state index contributed by atoms with van der Waals surface area (Å²) < 4.78 is 0. The molecule has 0 fully saturated rings. The lowest BCUT2D eigenvalue weighted by Gasteiger charge is -2.15. The summed E-state index contributed by atoms with van der Waals surface area (Å²) in [5, 5.41) is 8.75. The van der Waals surface area contributed by atoms with Crippen molar-refractivity contribution >= 4 is 5.97 Å². The second-order valence-corrected chi connectivity index (χ2v) is 8.10. The van der Waals surface area contributed by atoms with Crippen LogP contribution in [0.3, 0.4) is 0 Å². The standard InChI is InChI=1S/C20H40O2/c1-16(2)9-6-10-17(3)11-7-12-18(4)13-8-14-19(5)15-20(21)22/h16-19H,6-15H2,1-5H3,(H,21,22)/t17-,18?,19?/m1/s1. The zero-order valence-electron chi connectivity index (χ0n) is 15.7. The van der Waals surface area contributed by atoms with Crippen LogP contribution in [-0.4, -0.2) is 11.1 Å². The Kier molecular flexibility index (Phi) is 12.6. The molecule has 0 saturated carbocycles. The summed E-state index contributed by atoms with van der Waals surface area (Å²) in [5.74, 6) is 2.18. The minimum absolute atomic E-state index is 0.322. The molecule has 0 bridgehead atoms. The first-order chi connectivity index (χ1) is 10.3. The molecule has 0 heterocycles. The van der Waals surface area contributed by atoms with Gasteiger partial charge in [-0.15, -0.1) is 0 Å². The van der Waals surface area contributed by atoms with Gasteiger partial charge in [-0.05, 0) is 23.7 Å². The van der Waals surface area contributed by atoms with Crippen molar-refractivity contribution in [1.82, 2.24) is 0 Å². The van der Waals surface area contributed by atoms with E-state index < -0.39 is 5.97 Å². The second-order valence-electron chi connectivity index (χ2n) is 8.10. The van der Waals surface area contributed by atoms with E-state index in [1.807, 2.05) is 0 Å². The van der Waals surface area contributed by atoms with Crippen molar-refractivity contribution in [3.8, 4) is 0 Å². The molecule has 2 heteroatoms. The Balaban J connectivity index is 3.52. The smallest absolute Gasteiger partial charge is 0.303 e. The van der Waals surface area contributed by atoms with E-state index in [1.165, 1.54) is 51.4 Å². The largest absolute Gasteiger partial charge is 0.481 e. The predicted octanol–water partition coefficient (Wildman–Crippen LogP) is 6.54. The maximum atomic E-state index is 10.6. The topological polar surface area (TPSA) is 37.3 Å². The molecule has 0 aromatic rings. The van der Waals surface area contributed by atoms with E-state index in [9.17, 15) is 4.79 Å². The van der Waals surface area contributed by atoms with Crippen molar-refractivity contribution in [3.63, 3.8) is 0 Å². The Morgan fingerprint density at radius 3 is 1.41 bits per heavy atom. The Morgan fingerprint density at radius 1 is 0.682 bits per heavy atom. The average Bonchev–Trinajstić information content (AvgIpc) is 2.37. The lowest BCUT2D eigenvalue weighted by Crippen LogP contribution is -2.05. The predicted molar refractivity (Wildman–Crippen MR) is 96.1 cm³/mol. The van der Waals surface area contributed by atoms with Gasteiger partial charge in [0.15, 0.2) is 0 Å². The Morgan fingerprint density at radius 2 is 1.05 bits per heavy atom. The van der Waals surface area contributed by atoms with Gasteiger partial charge in [0.1, 0.15) is 0 Å². The van der Waals surface area contributed by atoms with Crippen LogP contribution in [0, 0.1) is 23.7 Å². The van der Waals surface area contributed by atoms with E-state index in [0.717, 1.165) is 24.2 Å². The monoisotopic (exact) mass is 312 g/mol. The van der Waals surface area contributed by atoms with Gasteiger partial charge in [-0.3, -0.25) is 4.79 Å². The third-order valence-corrected chi connectivity index (χ3v) is 4.79. The van der Waals surface area contributed by atoms with Crippen molar-refractivity contribution in [1.29, 1.82) is 0 Å². The molecule has 0 amide bonds. The van der Waals surface area contributed by atoms with Crippen molar-refractivity contribution in [2.24, 2.45) is 23.7 Å². The highest BCUT2D eigenvalue weighted by atomic mass is 16.4. The molecule has 22 heavy (non-hydrogen) atoms. The van der Waals surface area contributed by atoms with Gasteiger partial charge >= 0.3 is 5.97 Å². The van der Waals surface area contributed by atoms with Crippen LogP contribution >= 0.6 is 0 Å². The van der Waals surface area contributed by atoms with E-state index in [2.05, 4.69) is 34.6 Å². The van der Waals surface area contributed by atoms with Crippen LogP contribution in [0.15, 0.2) is 0 Å². The van der Waals surface area contributed by atoms with Gasteiger partial charge in [0.2, 0.25) is 0 Å². The van der Waals surface area contributed by atoms with E-state index in [1.54, 1.807) is 0 Å². The molecule has 0 aliphatic heterocycles. The summed E-state index contributed by atoms with van der Waals surface area (Å²) in [6.07, 6.45) is 12.0. The zero-order valence-corrected chi connectivity index (χ0v) is 15.7. The van der Waals surface area contributed by atoms with Crippen molar-refractivity contribution < 1.29 is 9.90 Å². The third kappa shape index (κ3) is 14.4. The number of hydrogen-bond donors (Lipinski definition) is 1. The number of carboxylic acid groups (broad SMARTS) is 1. The van der Waals surface area contributed by atoms with Crippen LogP contribution in [-0.2, 0) is 4.79 Å². The highest BCUT2D eigenvalue weighted by Crippen LogP contribution is 2.22. The number of rotatable bonds is 14. The van der Waals surface area contributed by atoms with Gasteiger partial charge in [0, 0.05) is 6.42 Å². The molecule has 2 nitrogen and oxygen atoms in total. The van der Waals surface area contributed by atoms with Gasteiger partial charge < -0.3 is 5.11 Å². The van der Waals surface area contributed by atoms with Crippen molar-refractivity contribution in [2.45, 2.75) is 98.8 Å². The van der Waals surface area contributed by atoms with Gasteiger partial charge in [-0.2, -0.15) is 0 Å². The molecular formula is C20H40O2. The Labute approximate surface area is 139 Å². The van der Waals surface area contributed by atoms with Crippen LogP contribution in [0.2, 0.25) is 0 Å². The molecule has 0 radical (unpaired) electrons.